The lowest BCUT2D eigenvalue weighted by Gasteiger charge is -2.17. The van der Waals surface area contributed by atoms with Gasteiger partial charge in [0.15, 0.2) is 11.9 Å². The highest BCUT2D eigenvalue weighted by Crippen LogP contribution is 2.26. The fourth-order valence-electron chi connectivity index (χ4n) is 3.53. The third-order valence-electron chi connectivity index (χ3n) is 5.18. The number of nitrogens with zero attached hydrogens (tertiary/aromatic N) is 5. The van der Waals surface area contributed by atoms with Gasteiger partial charge < -0.3 is 15.0 Å². The number of hydrogen-bond acceptors (Lipinski definition) is 9. The Kier molecular flexibility index (Phi) is 6.68. The number of rotatable bonds is 8. The Hall–Kier alpha value is -3.11. The lowest BCUT2D eigenvalue weighted by Crippen LogP contribution is -2.26. The lowest BCUT2D eigenvalue weighted by molar-refractivity contribution is -0.126. The summed E-state index contributed by atoms with van der Waals surface area (Å²) in [6.45, 7) is 3.81. The summed E-state index contributed by atoms with van der Waals surface area (Å²) in [4.78, 5) is 14.8. The minimum Gasteiger partial charge on any atom is -0.367 e. The van der Waals surface area contributed by atoms with Crippen molar-refractivity contribution in [2.45, 2.75) is 31.9 Å². The van der Waals surface area contributed by atoms with Crippen molar-refractivity contribution in [1.29, 1.82) is 0 Å². The molecule has 1 aliphatic heterocycles. The van der Waals surface area contributed by atoms with Crippen LogP contribution in [0.4, 0.5) is 16.1 Å². The number of hydrogen-bond donors (Lipinski definition) is 2. The smallest absolute Gasteiger partial charge is 0.259 e. The second-order valence-electron chi connectivity index (χ2n) is 7.28. The summed E-state index contributed by atoms with van der Waals surface area (Å²) in [5.74, 6) is 0.623. The first-order valence-electron chi connectivity index (χ1n) is 10.2. The largest absolute Gasteiger partial charge is 0.367 e. The maximum atomic E-state index is 12.6. The van der Waals surface area contributed by atoms with Crippen LogP contribution < -0.4 is 15.5 Å². The van der Waals surface area contributed by atoms with E-state index in [2.05, 4.69) is 48.9 Å². The summed E-state index contributed by atoms with van der Waals surface area (Å²) < 4.78 is 5.37. The van der Waals surface area contributed by atoms with Crippen LogP contribution in [-0.2, 0) is 16.0 Å². The number of aromatic nitrogens is 4. The number of anilines is 3. The minimum absolute atomic E-state index is 0.222. The SMILES string of the molecule is CCc1cnnc(N2CCC(Nc3nnc(NC(=O)C(OC)c4ccccc4)s3)C2)c1. The molecule has 1 saturated heterocycles. The molecule has 1 fully saturated rings. The first kappa shape index (κ1) is 21.1. The summed E-state index contributed by atoms with van der Waals surface area (Å²) in [6.07, 6.45) is 2.99. The maximum Gasteiger partial charge on any atom is 0.259 e. The van der Waals surface area contributed by atoms with Gasteiger partial charge in [0.05, 0.1) is 6.20 Å². The van der Waals surface area contributed by atoms with Crippen molar-refractivity contribution in [3.8, 4) is 0 Å². The third kappa shape index (κ3) is 5.15. The number of carbonyl (C=O) groups excluding carboxylic acids is 1. The van der Waals surface area contributed by atoms with Crippen LogP contribution in [0.25, 0.3) is 0 Å². The molecule has 0 bridgehead atoms. The molecule has 1 aromatic carbocycles. The van der Waals surface area contributed by atoms with Crippen molar-refractivity contribution < 1.29 is 9.53 Å². The fourth-order valence-corrected chi connectivity index (χ4v) is 4.25. The van der Waals surface area contributed by atoms with Crippen LogP contribution >= 0.6 is 11.3 Å². The van der Waals surface area contributed by atoms with Gasteiger partial charge in [0, 0.05) is 26.2 Å². The second-order valence-corrected chi connectivity index (χ2v) is 8.26. The number of amides is 1. The van der Waals surface area contributed by atoms with Gasteiger partial charge in [-0.2, -0.15) is 5.10 Å². The average molecular weight is 440 g/mol. The van der Waals surface area contributed by atoms with Crippen molar-refractivity contribution in [2.75, 3.05) is 35.7 Å². The van der Waals surface area contributed by atoms with Crippen LogP contribution in [-0.4, -0.2) is 52.5 Å². The highest BCUT2D eigenvalue weighted by atomic mass is 32.1. The molecule has 4 rings (SSSR count). The number of ether oxygens (including phenoxy) is 1. The van der Waals surface area contributed by atoms with Crippen molar-refractivity contribution in [2.24, 2.45) is 0 Å². The first-order chi connectivity index (χ1) is 15.2. The van der Waals surface area contributed by atoms with E-state index in [0.717, 1.165) is 37.3 Å². The highest BCUT2D eigenvalue weighted by Gasteiger charge is 2.25. The van der Waals surface area contributed by atoms with E-state index in [4.69, 9.17) is 4.74 Å². The van der Waals surface area contributed by atoms with E-state index in [-0.39, 0.29) is 11.9 Å². The molecular formula is C21H25N7O2S. The van der Waals surface area contributed by atoms with Crippen LogP contribution in [0.15, 0.2) is 42.6 Å². The molecule has 1 amide bonds. The standard InChI is InChI=1S/C21H25N7O2S/c1-3-14-11-17(25-22-12-14)28-10-9-16(13-28)23-20-26-27-21(31-20)24-19(29)18(30-2)15-7-5-4-6-8-15/h4-8,11-12,16,18H,3,9-10,13H2,1-2H3,(H,23,26)(H,24,27,29). The predicted octanol–water partition coefficient (Wildman–Crippen LogP) is 2.91. The van der Waals surface area contributed by atoms with Gasteiger partial charge in [-0.15, -0.1) is 15.3 Å². The molecule has 2 N–H and O–H groups in total. The van der Waals surface area contributed by atoms with E-state index in [9.17, 15) is 4.79 Å². The van der Waals surface area contributed by atoms with Crippen LogP contribution in [0.3, 0.4) is 0 Å². The van der Waals surface area contributed by atoms with E-state index < -0.39 is 6.10 Å². The van der Waals surface area contributed by atoms with Gasteiger partial charge in [0.25, 0.3) is 5.91 Å². The van der Waals surface area contributed by atoms with Gasteiger partial charge in [-0.3, -0.25) is 10.1 Å². The number of carbonyl (C=O) groups is 1. The van der Waals surface area contributed by atoms with E-state index in [1.807, 2.05) is 30.3 Å². The summed E-state index contributed by atoms with van der Waals surface area (Å²) in [5, 5.41) is 23.9. The van der Waals surface area contributed by atoms with Gasteiger partial charge in [-0.25, -0.2) is 0 Å². The Morgan fingerprint density at radius 3 is 2.84 bits per heavy atom. The first-order valence-corrected chi connectivity index (χ1v) is 11.0. The molecule has 0 spiro atoms. The Morgan fingerprint density at radius 1 is 1.26 bits per heavy atom. The number of benzene rings is 1. The molecule has 10 heteroatoms. The summed E-state index contributed by atoms with van der Waals surface area (Å²) in [7, 11) is 1.51. The number of nitrogens with one attached hydrogen (secondary N) is 2. The minimum atomic E-state index is -0.704. The zero-order valence-electron chi connectivity index (χ0n) is 17.5. The molecule has 162 valence electrons. The molecule has 1 aliphatic rings. The van der Waals surface area contributed by atoms with Gasteiger partial charge in [-0.1, -0.05) is 48.6 Å². The Bertz CT molecular complexity index is 1010. The quantitative estimate of drug-likeness (QED) is 0.552. The highest BCUT2D eigenvalue weighted by molar-refractivity contribution is 7.19. The van der Waals surface area contributed by atoms with Crippen molar-refractivity contribution in [3.63, 3.8) is 0 Å². The Morgan fingerprint density at radius 2 is 2.06 bits per heavy atom. The molecule has 3 aromatic rings. The molecular weight excluding hydrogens is 414 g/mol. The molecule has 9 nitrogen and oxygen atoms in total. The monoisotopic (exact) mass is 439 g/mol. The van der Waals surface area contributed by atoms with E-state index in [1.54, 1.807) is 6.20 Å². The summed E-state index contributed by atoms with van der Waals surface area (Å²) >= 11 is 1.31. The van der Waals surface area contributed by atoms with E-state index >= 15 is 0 Å². The predicted molar refractivity (Wildman–Crippen MR) is 120 cm³/mol. The average Bonchev–Trinajstić information content (AvgIpc) is 3.45. The molecule has 3 heterocycles. The maximum absolute atomic E-state index is 12.6. The van der Waals surface area contributed by atoms with Gasteiger partial charge in [-0.05, 0) is 30.0 Å². The molecule has 0 aliphatic carbocycles. The van der Waals surface area contributed by atoms with E-state index in [0.29, 0.717) is 10.3 Å². The van der Waals surface area contributed by atoms with Gasteiger partial charge in [0.2, 0.25) is 10.3 Å². The van der Waals surface area contributed by atoms with Crippen LogP contribution in [0, 0.1) is 0 Å². The van der Waals surface area contributed by atoms with Crippen LogP contribution in [0.2, 0.25) is 0 Å². The van der Waals surface area contributed by atoms with Gasteiger partial charge in [0.1, 0.15) is 0 Å². The van der Waals surface area contributed by atoms with Crippen molar-refractivity contribution in [3.05, 3.63) is 53.7 Å². The summed E-state index contributed by atoms with van der Waals surface area (Å²) in [5.41, 5.74) is 1.96. The Balaban J connectivity index is 1.33. The second kappa shape index (κ2) is 9.80. The normalized spacial score (nSPS) is 16.8. The molecule has 31 heavy (non-hydrogen) atoms. The molecule has 2 aromatic heterocycles. The van der Waals surface area contributed by atoms with Gasteiger partial charge >= 0.3 is 0 Å². The van der Waals surface area contributed by atoms with Crippen LogP contribution in [0.5, 0.6) is 0 Å². The topological polar surface area (TPSA) is 105 Å². The summed E-state index contributed by atoms with van der Waals surface area (Å²) in [6, 6.07) is 11.7. The number of methoxy groups -OCH3 is 1. The number of aryl methyl sites for hydroxylation is 1. The lowest BCUT2D eigenvalue weighted by atomic mass is 10.1. The molecule has 0 radical (unpaired) electrons. The zero-order chi connectivity index (χ0) is 21.6. The van der Waals surface area contributed by atoms with Crippen molar-refractivity contribution in [1.82, 2.24) is 20.4 Å². The molecule has 0 saturated carbocycles. The molecule has 2 unspecified atom stereocenters. The van der Waals surface area contributed by atoms with Crippen LogP contribution in [0.1, 0.15) is 30.6 Å². The fraction of sp³-hybridized carbons (Fsp3) is 0.381. The Labute approximate surface area is 184 Å². The van der Waals surface area contributed by atoms with E-state index in [1.165, 1.54) is 24.0 Å². The third-order valence-corrected chi connectivity index (χ3v) is 5.95. The molecule has 2 atom stereocenters. The zero-order valence-corrected chi connectivity index (χ0v) is 18.3. The van der Waals surface area contributed by atoms with Crippen molar-refractivity contribution >= 4 is 33.3 Å².